The standard InChI is InChI=1S/C20H12Cl2N2O/c21-19-5-4-18(12-20(19)22)25-17-3-1-2-14(11-17)10-16(13-23)15-6-8-24-9-7-15/h1-12H/b16-10+. The third-order valence-electron chi connectivity index (χ3n) is 3.41. The Morgan fingerprint density at radius 1 is 0.960 bits per heavy atom. The van der Waals surface area contributed by atoms with Crippen LogP contribution in [0.4, 0.5) is 0 Å². The molecule has 0 bridgehead atoms. The van der Waals surface area contributed by atoms with Gasteiger partial charge in [0.15, 0.2) is 0 Å². The molecule has 0 unspecified atom stereocenters. The van der Waals surface area contributed by atoms with Crippen molar-refractivity contribution in [3.8, 4) is 17.6 Å². The molecule has 25 heavy (non-hydrogen) atoms. The number of rotatable bonds is 4. The van der Waals surface area contributed by atoms with Crippen LogP contribution >= 0.6 is 23.2 Å². The maximum absolute atomic E-state index is 9.40. The number of halogens is 2. The zero-order chi connectivity index (χ0) is 17.6. The van der Waals surface area contributed by atoms with Crippen molar-refractivity contribution in [3.05, 3.63) is 88.2 Å². The third kappa shape index (κ3) is 4.39. The molecule has 3 rings (SSSR count). The van der Waals surface area contributed by atoms with Crippen molar-refractivity contribution in [1.82, 2.24) is 4.98 Å². The molecule has 2 aromatic carbocycles. The van der Waals surface area contributed by atoms with E-state index in [1.165, 1.54) is 0 Å². The van der Waals surface area contributed by atoms with Crippen molar-refractivity contribution in [3.63, 3.8) is 0 Å². The highest BCUT2D eigenvalue weighted by molar-refractivity contribution is 6.42. The third-order valence-corrected chi connectivity index (χ3v) is 4.15. The van der Waals surface area contributed by atoms with Gasteiger partial charge >= 0.3 is 0 Å². The second-order valence-corrected chi connectivity index (χ2v) is 5.97. The molecule has 3 nitrogen and oxygen atoms in total. The normalized spacial score (nSPS) is 11.0. The summed E-state index contributed by atoms with van der Waals surface area (Å²) in [6.07, 6.45) is 5.12. The van der Waals surface area contributed by atoms with Crippen molar-refractivity contribution in [2.75, 3.05) is 0 Å². The van der Waals surface area contributed by atoms with E-state index in [0.717, 1.165) is 11.1 Å². The topological polar surface area (TPSA) is 45.9 Å². The van der Waals surface area contributed by atoms with Gasteiger partial charge < -0.3 is 4.74 Å². The lowest BCUT2D eigenvalue weighted by molar-refractivity contribution is 0.482. The fourth-order valence-electron chi connectivity index (χ4n) is 2.22. The lowest BCUT2D eigenvalue weighted by atomic mass is 10.1. The maximum Gasteiger partial charge on any atom is 0.129 e. The average Bonchev–Trinajstić information content (AvgIpc) is 2.64. The highest BCUT2D eigenvalue weighted by Crippen LogP contribution is 2.30. The van der Waals surface area contributed by atoms with Gasteiger partial charge in [-0.3, -0.25) is 4.98 Å². The first-order chi connectivity index (χ1) is 12.2. The van der Waals surface area contributed by atoms with E-state index in [9.17, 15) is 5.26 Å². The van der Waals surface area contributed by atoms with Gasteiger partial charge in [-0.25, -0.2) is 0 Å². The summed E-state index contributed by atoms with van der Waals surface area (Å²) in [7, 11) is 0. The van der Waals surface area contributed by atoms with E-state index in [4.69, 9.17) is 27.9 Å². The first-order valence-corrected chi connectivity index (χ1v) is 8.16. The van der Waals surface area contributed by atoms with Gasteiger partial charge in [-0.05, 0) is 53.6 Å². The minimum Gasteiger partial charge on any atom is -0.457 e. The van der Waals surface area contributed by atoms with Crippen LogP contribution in [0.3, 0.4) is 0 Å². The van der Waals surface area contributed by atoms with Crippen LogP contribution in [0.25, 0.3) is 11.6 Å². The molecule has 0 aliphatic heterocycles. The molecule has 0 atom stereocenters. The Morgan fingerprint density at radius 2 is 1.72 bits per heavy atom. The summed E-state index contributed by atoms with van der Waals surface area (Å²) in [6.45, 7) is 0. The molecule has 0 aliphatic carbocycles. The maximum atomic E-state index is 9.40. The SMILES string of the molecule is N#C/C(=C\c1cccc(Oc2ccc(Cl)c(Cl)c2)c1)c1ccncc1. The summed E-state index contributed by atoms with van der Waals surface area (Å²) < 4.78 is 5.81. The van der Waals surface area contributed by atoms with Gasteiger partial charge in [-0.1, -0.05) is 35.3 Å². The number of benzene rings is 2. The van der Waals surface area contributed by atoms with Crippen molar-refractivity contribution in [2.24, 2.45) is 0 Å². The van der Waals surface area contributed by atoms with Crippen LogP contribution < -0.4 is 4.74 Å². The Kier molecular flexibility index (Phi) is 5.35. The van der Waals surface area contributed by atoms with Crippen LogP contribution in [0.1, 0.15) is 11.1 Å². The van der Waals surface area contributed by atoms with E-state index in [1.807, 2.05) is 24.3 Å². The number of ether oxygens (including phenoxy) is 1. The first kappa shape index (κ1) is 17.0. The Morgan fingerprint density at radius 3 is 2.44 bits per heavy atom. The summed E-state index contributed by atoms with van der Waals surface area (Å²) in [5.41, 5.74) is 2.22. The predicted octanol–water partition coefficient (Wildman–Crippen LogP) is 6.24. The molecule has 0 spiro atoms. The molecule has 5 heteroatoms. The van der Waals surface area contributed by atoms with Crippen molar-refractivity contribution in [2.45, 2.75) is 0 Å². The molecule has 0 amide bonds. The lowest BCUT2D eigenvalue weighted by Gasteiger charge is -2.07. The van der Waals surface area contributed by atoms with Crippen LogP contribution in [-0.2, 0) is 0 Å². The number of nitrogens with zero attached hydrogens (tertiary/aromatic N) is 2. The van der Waals surface area contributed by atoms with E-state index in [2.05, 4.69) is 11.1 Å². The molecule has 1 heterocycles. The zero-order valence-corrected chi connectivity index (χ0v) is 14.5. The molecule has 122 valence electrons. The fraction of sp³-hybridized carbons (Fsp3) is 0. The number of hydrogen-bond acceptors (Lipinski definition) is 3. The van der Waals surface area contributed by atoms with Gasteiger partial charge in [0, 0.05) is 18.5 Å². The molecule has 0 saturated heterocycles. The highest BCUT2D eigenvalue weighted by Gasteiger charge is 2.04. The van der Waals surface area contributed by atoms with Crippen LogP contribution in [-0.4, -0.2) is 4.98 Å². The monoisotopic (exact) mass is 366 g/mol. The summed E-state index contributed by atoms with van der Waals surface area (Å²) in [6, 6.07) is 18.3. The molecular weight excluding hydrogens is 355 g/mol. The van der Waals surface area contributed by atoms with Gasteiger partial charge in [0.2, 0.25) is 0 Å². The van der Waals surface area contributed by atoms with Crippen LogP contribution in [0.15, 0.2) is 67.0 Å². The van der Waals surface area contributed by atoms with Crippen LogP contribution in [0, 0.1) is 11.3 Å². The number of allylic oxidation sites excluding steroid dienone is 1. The minimum atomic E-state index is 0.430. The number of pyridine rings is 1. The quantitative estimate of drug-likeness (QED) is 0.513. The van der Waals surface area contributed by atoms with E-state index in [-0.39, 0.29) is 0 Å². The predicted molar refractivity (Wildman–Crippen MR) is 101 cm³/mol. The molecule has 0 aliphatic rings. The largest absolute Gasteiger partial charge is 0.457 e. The second kappa shape index (κ2) is 7.85. The lowest BCUT2D eigenvalue weighted by Crippen LogP contribution is -1.86. The first-order valence-electron chi connectivity index (χ1n) is 7.41. The van der Waals surface area contributed by atoms with E-state index < -0.39 is 0 Å². The smallest absolute Gasteiger partial charge is 0.129 e. The van der Waals surface area contributed by atoms with Crippen molar-refractivity contribution in [1.29, 1.82) is 5.26 Å². The molecule has 0 fully saturated rings. The highest BCUT2D eigenvalue weighted by atomic mass is 35.5. The van der Waals surface area contributed by atoms with Crippen molar-refractivity contribution < 1.29 is 4.74 Å². The Labute approximate surface area is 155 Å². The van der Waals surface area contributed by atoms with E-state index >= 15 is 0 Å². The molecular formula is C20H12Cl2N2O. The Hall–Kier alpha value is -2.80. The van der Waals surface area contributed by atoms with Gasteiger partial charge in [-0.2, -0.15) is 5.26 Å². The molecule has 1 aromatic heterocycles. The van der Waals surface area contributed by atoms with Gasteiger partial charge in [0.1, 0.15) is 11.5 Å². The van der Waals surface area contributed by atoms with Gasteiger partial charge in [0.05, 0.1) is 21.7 Å². The van der Waals surface area contributed by atoms with Crippen LogP contribution in [0.5, 0.6) is 11.5 Å². The second-order valence-electron chi connectivity index (χ2n) is 5.16. The van der Waals surface area contributed by atoms with Gasteiger partial charge in [0.25, 0.3) is 0 Å². The molecule has 0 radical (unpaired) electrons. The van der Waals surface area contributed by atoms with E-state index in [0.29, 0.717) is 27.1 Å². The minimum absolute atomic E-state index is 0.430. The molecule has 0 saturated carbocycles. The fourth-order valence-corrected chi connectivity index (χ4v) is 2.51. The number of nitriles is 1. The summed E-state index contributed by atoms with van der Waals surface area (Å²) in [4.78, 5) is 3.97. The number of hydrogen-bond donors (Lipinski definition) is 0. The van der Waals surface area contributed by atoms with Gasteiger partial charge in [-0.15, -0.1) is 0 Å². The Balaban J connectivity index is 1.87. The molecule has 3 aromatic rings. The summed E-state index contributed by atoms with van der Waals surface area (Å²) in [5.74, 6) is 1.23. The number of aromatic nitrogens is 1. The summed E-state index contributed by atoms with van der Waals surface area (Å²) >= 11 is 11.9. The zero-order valence-electron chi connectivity index (χ0n) is 13.0. The average molecular weight is 367 g/mol. The van der Waals surface area contributed by atoms with Crippen molar-refractivity contribution >= 4 is 34.9 Å². The molecule has 0 N–H and O–H groups in total. The van der Waals surface area contributed by atoms with E-state index in [1.54, 1.807) is 48.8 Å². The summed E-state index contributed by atoms with van der Waals surface area (Å²) in [5, 5.41) is 10.3. The van der Waals surface area contributed by atoms with Crippen LogP contribution in [0.2, 0.25) is 10.0 Å². The Bertz CT molecular complexity index is 963.